The van der Waals surface area contributed by atoms with Gasteiger partial charge in [0.15, 0.2) is 0 Å². The van der Waals surface area contributed by atoms with E-state index in [1.807, 2.05) is 6.92 Å². The Kier molecular flexibility index (Phi) is 4.90. The SMILES string of the molecule is CCOCCOC(=O)[C@@H]1CNC[C@H]1C. The summed E-state index contributed by atoms with van der Waals surface area (Å²) in [7, 11) is 0. The Morgan fingerprint density at radius 3 is 2.79 bits per heavy atom. The van der Waals surface area contributed by atoms with E-state index in [-0.39, 0.29) is 11.9 Å². The molecule has 0 aliphatic carbocycles. The van der Waals surface area contributed by atoms with Crippen molar-refractivity contribution < 1.29 is 14.3 Å². The summed E-state index contributed by atoms with van der Waals surface area (Å²) in [4.78, 5) is 11.5. The van der Waals surface area contributed by atoms with Crippen LogP contribution in [0.15, 0.2) is 0 Å². The van der Waals surface area contributed by atoms with Gasteiger partial charge in [-0.05, 0) is 19.4 Å². The number of carbonyl (C=O) groups is 1. The lowest BCUT2D eigenvalue weighted by molar-refractivity contribution is -0.150. The van der Waals surface area contributed by atoms with Gasteiger partial charge in [-0.15, -0.1) is 0 Å². The molecule has 0 spiro atoms. The van der Waals surface area contributed by atoms with Crippen LogP contribution in [0.2, 0.25) is 0 Å². The van der Waals surface area contributed by atoms with E-state index in [0.717, 1.165) is 13.1 Å². The van der Waals surface area contributed by atoms with Gasteiger partial charge in [0.1, 0.15) is 6.61 Å². The van der Waals surface area contributed by atoms with Crippen molar-refractivity contribution in [2.75, 3.05) is 32.9 Å². The fraction of sp³-hybridized carbons (Fsp3) is 0.900. The molecule has 2 atom stereocenters. The van der Waals surface area contributed by atoms with Gasteiger partial charge in [0.05, 0.1) is 12.5 Å². The summed E-state index contributed by atoms with van der Waals surface area (Å²) < 4.78 is 10.2. The number of nitrogens with one attached hydrogen (secondary N) is 1. The minimum absolute atomic E-state index is 0.0247. The molecule has 1 aliphatic heterocycles. The molecule has 0 bridgehead atoms. The molecular formula is C10H19NO3. The van der Waals surface area contributed by atoms with Crippen molar-refractivity contribution in [1.82, 2.24) is 5.32 Å². The van der Waals surface area contributed by atoms with Gasteiger partial charge in [-0.1, -0.05) is 6.92 Å². The van der Waals surface area contributed by atoms with Crippen LogP contribution in [0.25, 0.3) is 0 Å². The predicted octanol–water partition coefficient (Wildman–Crippen LogP) is 0.422. The predicted molar refractivity (Wildman–Crippen MR) is 53.0 cm³/mol. The molecule has 82 valence electrons. The van der Waals surface area contributed by atoms with Crippen LogP contribution in [0.4, 0.5) is 0 Å². The zero-order valence-corrected chi connectivity index (χ0v) is 8.91. The number of rotatable bonds is 5. The van der Waals surface area contributed by atoms with Gasteiger partial charge in [0.25, 0.3) is 0 Å². The van der Waals surface area contributed by atoms with Crippen LogP contribution >= 0.6 is 0 Å². The molecule has 4 heteroatoms. The lowest BCUT2D eigenvalue weighted by Gasteiger charge is -2.12. The van der Waals surface area contributed by atoms with Crippen LogP contribution in [-0.4, -0.2) is 38.9 Å². The third kappa shape index (κ3) is 3.27. The number of ether oxygens (including phenoxy) is 2. The van der Waals surface area contributed by atoms with Gasteiger partial charge in [-0.2, -0.15) is 0 Å². The fourth-order valence-corrected chi connectivity index (χ4v) is 1.58. The van der Waals surface area contributed by atoms with Gasteiger partial charge in [-0.3, -0.25) is 4.79 Å². The minimum atomic E-state index is -0.0952. The third-order valence-electron chi connectivity index (χ3n) is 2.50. The highest BCUT2D eigenvalue weighted by Gasteiger charge is 2.30. The molecule has 1 N–H and O–H groups in total. The molecule has 1 heterocycles. The van der Waals surface area contributed by atoms with E-state index in [1.165, 1.54) is 0 Å². The van der Waals surface area contributed by atoms with Crippen molar-refractivity contribution in [2.24, 2.45) is 11.8 Å². The van der Waals surface area contributed by atoms with Crippen LogP contribution in [0.3, 0.4) is 0 Å². The summed E-state index contributed by atoms with van der Waals surface area (Å²) in [6.45, 7) is 7.17. The molecular weight excluding hydrogens is 182 g/mol. The van der Waals surface area contributed by atoms with Crippen LogP contribution in [0, 0.1) is 11.8 Å². The highest BCUT2D eigenvalue weighted by molar-refractivity contribution is 5.73. The first kappa shape index (κ1) is 11.5. The van der Waals surface area contributed by atoms with E-state index >= 15 is 0 Å². The Morgan fingerprint density at radius 1 is 1.43 bits per heavy atom. The Labute approximate surface area is 85.0 Å². The van der Waals surface area contributed by atoms with E-state index in [2.05, 4.69) is 12.2 Å². The maximum absolute atomic E-state index is 11.5. The molecule has 0 radical (unpaired) electrons. The molecule has 1 saturated heterocycles. The molecule has 0 aromatic rings. The first-order valence-corrected chi connectivity index (χ1v) is 5.20. The smallest absolute Gasteiger partial charge is 0.310 e. The van der Waals surface area contributed by atoms with Crippen LogP contribution in [0.1, 0.15) is 13.8 Å². The molecule has 1 fully saturated rings. The average molecular weight is 201 g/mol. The Morgan fingerprint density at radius 2 is 2.21 bits per heavy atom. The fourth-order valence-electron chi connectivity index (χ4n) is 1.58. The molecule has 0 aromatic carbocycles. The van der Waals surface area contributed by atoms with E-state index < -0.39 is 0 Å². The maximum Gasteiger partial charge on any atom is 0.310 e. The monoisotopic (exact) mass is 201 g/mol. The van der Waals surface area contributed by atoms with Crippen LogP contribution in [0.5, 0.6) is 0 Å². The molecule has 0 saturated carbocycles. The van der Waals surface area contributed by atoms with E-state index in [9.17, 15) is 4.79 Å². The molecule has 0 aromatic heterocycles. The number of hydrogen-bond acceptors (Lipinski definition) is 4. The third-order valence-corrected chi connectivity index (χ3v) is 2.50. The van der Waals surface area contributed by atoms with Crippen molar-refractivity contribution in [3.8, 4) is 0 Å². The van der Waals surface area contributed by atoms with Crippen molar-refractivity contribution in [3.63, 3.8) is 0 Å². The number of carbonyl (C=O) groups excluding carboxylic acids is 1. The maximum atomic E-state index is 11.5. The quantitative estimate of drug-likeness (QED) is 0.517. The summed E-state index contributed by atoms with van der Waals surface area (Å²) in [6, 6.07) is 0. The molecule has 0 unspecified atom stereocenters. The topological polar surface area (TPSA) is 47.6 Å². The average Bonchev–Trinajstić information content (AvgIpc) is 2.59. The lowest BCUT2D eigenvalue weighted by Crippen LogP contribution is -2.25. The zero-order chi connectivity index (χ0) is 10.4. The second-order valence-corrected chi connectivity index (χ2v) is 3.61. The van der Waals surface area contributed by atoms with Gasteiger partial charge < -0.3 is 14.8 Å². The van der Waals surface area contributed by atoms with Gasteiger partial charge in [0.2, 0.25) is 0 Å². The Hall–Kier alpha value is -0.610. The van der Waals surface area contributed by atoms with Crippen LogP contribution in [-0.2, 0) is 14.3 Å². The largest absolute Gasteiger partial charge is 0.463 e. The Balaban J connectivity index is 2.14. The van der Waals surface area contributed by atoms with Gasteiger partial charge >= 0.3 is 5.97 Å². The summed E-state index contributed by atoms with van der Waals surface area (Å²) in [5, 5.41) is 3.17. The second kappa shape index (κ2) is 5.98. The number of hydrogen-bond donors (Lipinski definition) is 1. The molecule has 0 amide bonds. The molecule has 4 nitrogen and oxygen atoms in total. The second-order valence-electron chi connectivity index (χ2n) is 3.61. The Bertz CT molecular complexity index is 184. The van der Waals surface area contributed by atoms with E-state index in [4.69, 9.17) is 9.47 Å². The van der Waals surface area contributed by atoms with Gasteiger partial charge in [-0.25, -0.2) is 0 Å². The summed E-state index contributed by atoms with van der Waals surface area (Å²) in [5.41, 5.74) is 0. The highest BCUT2D eigenvalue weighted by Crippen LogP contribution is 2.16. The normalized spacial score (nSPS) is 26.4. The van der Waals surface area contributed by atoms with Gasteiger partial charge in [0, 0.05) is 13.2 Å². The molecule has 1 aliphatic rings. The van der Waals surface area contributed by atoms with E-state index in [0.29, 0.717) is 25.7 Å². The molecule has 14 heavy (non-hydrogen) atoms. The van der Waals surface area contributed by atoms with Crippen molar-refractivity contribution in [1.29, 1.82) is 0 Å². The summed E-state index contributed by atoms with van der Waals surface area (Å²) in [6.07, 6.45) is 0. The standard InChI is InChI=1S/C10H19NO3/c1-3-13-4-5-14-10(12)9-7-11-6-8(9)2/h8-9,11H,3-7H2,1-2H3/t8-,9-/m1/s1. The number of esters is 1. The van der Waals surface area contributed by atoms with Crippen molar-refractivity contribution in [2.45, 2.75) is 13.8 Å². The highest BCUT2D eigenvalue weighted by atomic mass is 16.6. The van der Waals surface area contributed by atoms with Crippen molar-refractivity contribution >= 4 is 5.97 Å². The molecule has 1 rings (SSSR count). The summed E-state index contributed by atoms with van der Waals surface area (Å²) >= 11 is 0. The van der Waals surface area contributed by atoms with E-state index in [1.54, 1.807) is 0 Å². The van der Waals surface area contributed by atoms with Crippen LogP contribution < -0.4 is 5.32 Å². The lowest BCUT2D eigenvalue weighted by atomic mass is 9.99. The first-order valence-electron chi connectivity index (χ1n) is 5.20. The van der Waals surface area contributed by atoms with Crippen molar-refractivity contribution in [3.05, 3.63) is 0 Å². The first-order chi connectivity index (χ1) is 6.75. The zero-order valence-electron chi connectivity index (χ0n) is 8.91. The minimum Gasteiger partial charge on any atom is -0.463 e. The summed E-state index contributed by atoms with van der Waals surface area (Å²) in [5.74, 6) is 0.313.